The monoisotopic (exact) mass is 468 g/mol. The van der Waals surface area contributed by atoms with Crippen molar-refractivity contribution in [2.75, 3.05) is 7.11 Å². The highest BCUT2D eigenvalue weighted by Gasteiger charge is 2.70. The first-order chi connectivity index (χ1) is 16.9. The van der Waals surface area contributed by atoms with E-state index in [1.54, 1.807) is 6.92 Å². The van der Waals surface area contributed by atoms with Crippen LogP contribution in [0.5, 0.6) is 0 Å². The summed E-state index contributed by atoms with van der Waals surface area (Å²) in [6.07, 6.45) is 7.50. The lowest BCUT2D eigenvalue weighted by atomic mass is 9.85. The van der Waals surface area contributed by atoms with Crippen molar-refractivity contribution < 1.29 is 28.7 Å². The largest absolute Gasteiger partial charge is 0.467 e. The molecule has 5 aliphatic rings. The maximum atomic E-state index is 13.2. The molecule has 5 heterocycles. The van der Waals surface area contributed by atoms with Crippen molar-refractivity contribution >= 4 is 45.1 Å². The third-order valence-corrected chi connectivity index (χ3v) is 8.55. The molecular formula is C27H22N3O5+. The van der Waals surface area contributed by atoms with Gasteiger partial charge in [0.05, 0.1) is 36.1 Å². The van der Waals surface area contributed by atoms with Crippen LogP contribution < -0.4 is 5.32 Å². The molecule has 1 saturated heterocycles. The van der Waals surface area contributed by atoms with Gasteiger partial charge in [-0.05, 0) is 18.6 Å². The zero-order chi connectivity index (χ0) is 23.9. The predicted molar refractivity (Wildman–Crippen MR) is 127 cm³/mol. The van der Waals surface area contributed by atoms with Crippen molar-refractivity contribution in [1.82, 2.24) is 9.88 Å². The number of nitrogens with one attached hydrogen (secondary N) is 1. The normalized spacial score (nSPS) is 31.2. The lowest BCUT2D eigenvalue weighted by Crippen LogP contribution is -2.56. The first-order valence-electron chi connectivity index (χ1n) is 11.8. The molecule has 4 atom stereocenters. The van der Waals surface area contributed by atoms with E-state index in [9.17, 15) is 14.7 Å². The highest BCUT2D eigenvalue weighted by atomic mass is 16.6. The molecule has 1 fully saturated rings. The van der Waals surface area contributed by atoms with Crippen LogP contribution in [-0.2, 0) is 26.5 Å². The van der Waals surface area contributed by atoms with Gasteiger partial charge in [0.2, 0.25) is 11.3 Å². The number of hydrogen-bond donors (Lipinski definition) is 2. The van der Waals surface area contributed by atoms with Crippen molar-refractivity contribution in [3.8, 4) is 0 Å². The Morgan fingerprint density at radius 2 is 2.14 bits per heavy atom. The minimum Gasteiger partial charge on any atom is -0.467 e. The molecule has 0 saturated carbocycles. The maximum absolute atomic E-state index is 13.2. The number of para-hydroxylation sites is 1. The Balaban J connectivity index is 1.66. The number of benzene rings is 2. The van der Waals surface area contributed by atoms with E-state index in [0.717, 1.165) is 49.9 Å². The Bertz CT molecular complexity index is 1680. The number of esters is 1. The van der Waals surface area contributed by atoms with Crippen LogP contribution in [0.2, 0.25) is 0 Å². The number of amides is 1. The summed E-state index contributed by atoms with van der Waals surface area (Å²) < 4.78 is 15.9. The van der Waals surface area contributed by atoms with Gasteiger partial charge in [0.15, 0.2) is 11.4 Å². The molecule has 3 aromatic rings. The Morgan fingerprint density at radius 1 is 1.31 bits per heavy atom. The number of nitrogens with zero attached hydrogens (tertiary/aromatic N) is 2. The van der Waals surface area contributed by atoms with Crippen LogP contribution in [0.25, 0.3) is 21.8 Å². The predicted octanol–water partition coefficient (Wildman–Crippen LogP) is 2.68. The SMILES string of the molecule is COC(=O)C1(O)CC2OC1(C)n1c3ccccc3c3c4c(c5c(c31)[N+]2=C1C=CC=CC15)C(=O)NC4. The summed E-state index contributed by atoms with van der Waals surface area (Å²) in [7, 11) is 1.29. The number of carbonyl (C=O) groups is 2. The number of aromatic nitrogens is 1. The topological polar surface area (TPSA) is 92.8 Å². The van der Waals surface area contributed by atoms with Crippen LogP contribution in [0.1, 0.15) is 40.7 Å². The molecule has 8 heteroatoms. The Hall–Kier alpha value is -3.75. The van der Waals surface area contributed by atoms with Crippen molar-refractivity contribution in [2.45, 2.75) is 43.4 Å². The molecule has 1 aromatic heterocycles. The first-order valence-corrected chi connectivity index (χ1v) is 11.8. The fourth-order valence-electron chi connectivity index (χ4n) is 7.10. The molecule has 0 radical (unpaired) electrons. The molecule has 0 spiro atoms. The zero-order valence-electron chi connectivity index (χ0n) is 19.2. The zero-order valence-corrected chi connectivity index (χ0v) is 19.2. The number of rotatable bonds is 1. The van der Waals surface area contributed by atoms with Gasteiger partial charge in [0.25, 0.3) is 12.1 Å². The molecule has 174 valence electrons. The fraction of sp³-hybridized carbons (Fsp3) is 0.296. The van der Waals surface area contributed by atoms with Gasteiger partial charge in [-0.25, -0.2) is 4.79 Å². The molecule has 8 rings (SSSR count). The molecular weight excluding hydrogens is 446 g/mol. The summed E-state index contributed by atoms with van der Waals surface area (Å²) in [5, 5.41) is 16.9. The van der Waals surface area contributed by atoms with Crippen LogP contribution in [0.3, 0.4) is 0 Å². The van der Waals surface area contributed by atoms with Crippen LogP contribution in [0, 0.1) is 0 Å². The second-order valence-electron chi connectivity index (χ2n) is 10.0. The van der Waals surface area contributed by atoms with Crippen molar-refractivity contribution in [3.63, 3.8) is 0 Å². The number of carbonyl (C=O) groups excluding carboxylic acids is 2. The summed E-state index contributed by atoms with van der Waals surface area (Å²) in [5.74, 6) is -0.917. The van der Waals surface area contributed by atoms with Gasteiger partial charge in [-0.2, -0.15) is 4.58 Å². The van der Waals surface area contributed by atoms with E-state index in [-0.39, 0.29) is 18.2 Å². The van der Waals surface area contributed by atoms with E-state index < -0.39 is 23.5 Å². The van der Waals surface area contributed by atoms with Gasteiger partial charge < -0.3 is 19.7 Å². The maximum Gasteiger partial charge on any atom is 0.343 e. The van der Waals surface area contributed by atoms with E-state index in [0.29, 0.717) is 6.54 Å². The average molecular weight is 468 g/mol. The molecule has 4 unspecified atom stereocenters. The summed E-state index contributed by atoms with van der Waals surface area (Å²) in [4.78, 5) is 26.4. The number of ether oxygens (including phenoxy) is 2. The quantitative estimate of drug-likeness (QED) is 0.423. The van der Waals surface area contributed by atoms with Crippen molar-refractivity contribution in [1.29, 1.82) is 0 Å². The van der Waals surface area contributed by atoms with Gasteiger partial charge in [-0.15, -0.1) is 0 Å². The van der Waals surface area contributed by atoms with Crippen molar-refractivity contribution in [3.05, 3.63) is 65.3 Å². The second-order valence-corrected chi connectivity index (χ2v) is 10.0. The van der Waals surface area contributed by atoms with E-state index in [1.807, 2.05) is 47.1 Å². The fourth-order valence-corrected chi connectivity index (χ4v) is 7.10. The summed E-state index contributed by atoms with van der Waals surface area (Å²) >= 11 is 0. The summed E-state index contributed by atoms with van der Waals surface area (Å²) in [6.45, 7) is 2.19. The number of fused-ring (bicyclic) bond motifs is 12. The van der Waals surface area contributed by atoms with E-state index in [2.05, 4.69) is 16.0 Å². The van der Waals surface area contributed by atoms with Gasteiger partial charge in [-0.1, -0.05) is 36.4 Å². The number of methoxy groups -OCH3 is 1. The molecule has 1 amide bonds. The third kappa shape index (κ3) is 1.92. The van der Waals surface area contributed by atoms with Gasteiger partial charge >= 0.3 is 5.97 Å². The van der Waals surface area contributed by atoms with Crippen LogP contribution in [0.15, 0.2) is 48.6 Å². The highest BCUT2D eigenvalue weighted by Crippen LogP contribution is 2.58. The minimum atomic E-state index is -1.92. The molecule has 2 bridgehead atoms. The Morgan fingerprint density at radius 3 is 2.97 bits per heavy atom. The lowest BCUT2D eigenvalue weighted by molar-refractivity contribution is -0.539. The summed E-state index contributed by atoms with van der Waals surface area (Å²) in [6, 6.07) is 7.90. The Kier molecular flexibility index (Phi) is 3.29. The Labute approximate surface area is 199 Å². The highest BCUT2D eigenvalue weighted by molar-refractivity contribution is 6.21. The van der Waals surface area contributed by atoms with E-state index >= 15 is 0 Å². The molecule has 35 heavy (non-hydrogen) atoms. The van der Waals surface area contributed by atoms with Gasteiger partial charge in [0.1, 0.15) is 5.52 Å². The molecule has 2 N–H and O–H groups in total. The average Bonchev–Trinajstić information content (AvgIpc) is 3.55. The minimum absolute atomic E-state index is 0.0279. The first kappa shape index (κ1) is 19.5. The third-order valence-electron chi connectivity index (χ3n) is 8.55. The summed E-state index contributed by atoms with van der Waals surface area (Å²) in [5.41, 5.74) is 2.88. The second kappa shape index (κ2) is 5.90. The molecule has 1 aliphatic carbocycles. The van der Waals surface area contributed by atoms with E-state index in [4.69, 9.17) is 9.47 Å². The van der Waals surface area contributed by atoms with Crippen LogP contribution >= 0.6 is 0 Å². The van der Waals surface area contributed by atoms with Crippen molar-refractivity contribution in [2.24, 2.45) is 0 Å². The number of allylic oxidation sites excluding steroid dienone is 4. The van der Waals surface area contributed by atoms with Crippen LogP contribution in [0.4, 0.5) is 5.69 Å². The number of aliphatic hydroxyl groups is 1. The van der Waals surface area contributed by atoms with E-state index in [1.165, 1.54) is 7.11 Å². The lowest BCUT2D eigenvalue weighted by Gasteiger charge is -2.36. The standard InChI is InChI=1S/C27H21N3O5/c1-26-27(33,25(32)34-2)11-18(35-26)29-16-9-5-3-7-13(16)20-21-15(12-28-24(21)31)19-14-8-4-6-10-17(14)30(26)23(19)22(20)29/h3-10,13,18,33H,11-12H2,1-2H3/p+1. The van der Waals surface area contributed by atoms with Gasteiger partial charge in [0, 0.05) is 23.4 Å². The molecule has 2 aromatic carbocycles. The smallest absolute Gasteiger partial charge is 0.343 e. The van der Waals surface area contributed by atoms with Crippen LogP contribution in [-0.4, -0.2) is 50.8 Å². The molecule has 8 nitrogen and oxygen atoms in total. The molecule has 4 aliphatic heterocycles. The number of hydrogen-bond acceptors (Lipinski definition) is 5. The van der Waals surface area contributed by atoms with Gasteiger partial charge in [-0.3, -0.25) is 9.53 Å².